The second-order valence-electron chi connectivity index (χ2n) is 3.70. The largest absolute Gasteiger partial charge is 0.427 e. The van der Waals surface area contributed by atoms with Gasteiger partial charge in [-0.05, 0) is 12.1 Å². The third-order valence-corrected chi connectivity index (χ3v) is 2.93. The Morgan fingerprint density at radius 2 is 2.10 bits per heavy atom. The van der Waals surface area contributed by atoms with Crippen LogP contribution in [0.15, 0.2) is 24.3 Å². The number of pyridine rings is 1. The molecule has 1 heterocycles. The van der Waals surface area contributed by atoms with Crippen molar-refractivity contribution < 1.29 is 14.1 Å². The standard InChI is InChI=1S/C11H7Cl2FN4O3/c12-5-4-6(13)11(16-10(5)17-15)21-9-7(14)2-1-3-8(9)18(19)20/h1-4H,15H2,(H,16,17). The van der Waals surface area contributed by atoms with Crippen molar-refractivity contribution in [1.29, 1.82) is 0 Å². The van der Waals surface area contributed by atoms with E-state index in [-0.39, 0.29) is 21.7 Å². The summed E-state index contributed by atoms with van der Waals surface area (Å²) < 4.78 is 18.8. The summed E-state index contributed by atoms with van der Waals surface area (Å²) in [6.07, 6.45) is 0. The van der Waals surface area contributed by atoms with Crippen LogP contribution in [0.25, 0.3) is 0 Å². The van der Waals surface area contributed by atoms with Gasteiger partial charge in [-0.1, -0.05) is 29.3 Å². The summed E-state index contributed by atoms with van der Waals surface area (Å²) in [5, 5.41) is 10.9. The van der Waals surface area contributed by atoms with E-state index in [4.69, 9.17) is 33.8 Å². The lowest BCUT2D eigenvalue weighted by molar-refractivity contribution is -0.385. The molecule has 0 aliphatic heterocycles. The Morgan fingerprint density at radius 3 is 2.71 bits per heavy atom. The summed E-state index contributed by atoms with van der Waals surface area (Å²) in [6, 6.07) is 4.54. The van der Waals surface area contributed by atoms with Crippen molar-refractivity contribution in [3.05, 3.63) is 50.2 Å². The number of nitrogen functional groups attached to an aromatic ring is 1. The number of rotatable bonds is 4. The van der Waals surface area contributed by atoms with E-state index in [0.717, 1.165) is 12.1 Å². The fraction of sp³-hybridized carbons (Fsp3) is 0. The predicted molar refractivity (Wildman–Crippen MR) is 75.2 cm³/mol. The van der Waals surface area contributed by atoms with Gasteiger partial charge in [0.05, 0.1) is 9.95 Å². The summed E-state index contributed by atoms with van der Waals surface area (Å²) in [5.74, 6) is 3.40. The van der Waals surface area contributed by atoms with Crippen LogP contribution in [0.1, 0.15) is 0 Å². The van der Waals surface area contributed by atoms with E-state index in [0.29, 0.717) is 0 Å². The zero-order valence-corrected chi connectivity index (χ0v) is 11.7. The molecular formula is C11H7Cl2FN4O3. The second kappa shape index (κ2) is 6.08. The monoisotopic (exact) mass is 332 g/mol. The number of nitrogens with two attached hydrogens (primary N) is 1. The van der Waals surface area contributed by atoms with E-state index in [2.05, 4.69) is 10.4 Å². The number of halogens is 3. The number of hydrogen-bond donors (Lipinski definition) is 2. The quantitative estimate of drug-likeness (QED) is 0.504. The van der Waals surface area contributed by atoms with E-state index < -0.39 is 22.2 Å². The molecule has 21 heavy (non-hydrogen) atoms. The van der Waals surface area contributed by atoms with Gasteiger partial charge in [0.2, 0.25) is 11.6 Å². The second-order valence-corrected chi connectivity index (χ2v) is 4.51. The molecule has 1 aromatic heterocycles. The fourth-order valence-electron chi connectivity index (χ4n) is 1.46. The van der Waals surface area contributed by atoms with Crippen molar-refractivity contribution in [3.63, 3.8) is 0 Å². The third-order valence-electron chi connectivity index (χ3n) is 2.38. The number of nitrogens with zero attached hydrogens (tertiary/aromatic N) is 2. The van der Waals surface area contributed by atoms with Gasteiger partial charge >= 0.3 is 5.69 Å². The maximum absolute atomic E-state index is 13.7. The maximum Gasteiger partial charge on any atom is 0.314 e. The van der Waals surface area contributed by atoms with Crippen molar-refractivity contribution in [1.82, 2.24) is 4.98 Å². The smallest absolute Gasteiger partial charge is 0.314 e. The van der Waals surface area contributed by atoms with Gasteiger partial charge in [-0.15, -0.1) is 0 Å². The van der Waals surface area contributed by atoms with Crippen molar-refractivity contribution in [3.8, 4) is 11.6 Å². The van der Waals surface area contributed by atoms with E-state index >= 15 is 0 Å². The number of hydrogen-bond acceptors (Lipinski definition) is 6. The van der Waals surface area contributed by atoms with E-state index in [9.17, 15) is 14.5 Å². The predicted octanol–water partition coefficient (Wildman–Crippen LogP) is 3.51. The van der Waals surface area contributed by atoms with Gasteiger partial charge in [0, 0.05) is 6.07 Å². The first-order valence-electron chi connectivity index (χ1n) is 5.37. The fourth-order valence-corrected chi connectivity index (χ4v) is 1.91. The molecule has 0 spiro atoms. The molecule has 2 rings (SSSR count). The number of hydrazine groups is 1. The van der Waals surface area contributed by atoms with Crippen molar-refractivity contribution in [2.45, 2.75) is 0 Å². The van der Waals surface area contributed by atoms with Crippen LogP contribution in [0.5, 0.6) is 11.6 Å². The highest BCUT2D eigenvalue weighted by atomic mass is 35.5. The zero-order chi connectivity index (χ0) is 15.6. The normalized spacial score (nSPS) is 10.3. The number of aromatic nitrogens is 1. The van der Waals surface area contributed by atoms with Crippen molar-refractivity contribution >= 4 is 34.7 Å². The SMILES string of the molecule is NNc1nc(Oc2c(F)cccc2[N+](=O)[O-])c(Cl)cc1Cl. The Kier molecular flexibility index (Phi) is 4.41. The molecule has 0 aliphatic carbocycles. The molecule has 0 bridgehead atoms. The molecule has 110 valence electrons. The van der Waals surface area contributed by atoms with Gasteiger partial charge in [-0.2, -0.15) is 4.98 Å². The van der Waals surface area contributed by atoms with Crippen LogP contribution in [0, 0.1) is 15.9 Å². The lowest BCUT2D eigenvalue weighted by Gasteiger charge is -2.10. The molecule has 0 radical (unpaired) electrons. The highest BCUT2D eigenvalue weighted by Crippen LogP contribution is 2.37. The van der Waals surface area contributed by atoms with Crippen molar-refractivity contribution in [2.75, 3.05) is 5.43 Å². The Balaban J connectivity index is 2.50. The van der Waals surface area contributed by atoms with Gasteiger partial charge in [-0.25, -0.2) is 10.2 Å². The van der Waals surface area contributed by atoms with E-state index in [1.165, 1.54) is 12.1 Å². The third kappa shape index (κ3) is 3.13. The van der Waals surface area contributed by atoms with Gasteiger partial charge < -0.3 is 10.2 Å². The molecule has 0 fully saturated rings. The number of anilines is 1. The maximum atomic E-state index is 13.7. The van der Waals surface area contributed by atoms with Crippen molar-refractivity contribution in [2.24, 2.45) is 5.84 Å². The minimum Gasteiger partial charge on any atom is -0.427 e. The lowest BCUT2D eigenvalue weighted by atomic mass is 10.3. The molecule has 7 nitrogen and oxygen atoms in total. The van der Waals surface area contributed by atoms with Crippen LogP contribution < -0.4 is 16.0 Å². The topological polar surface area (TPSA) is 103 Å². The molecule has 10 heteroatoms. The van der Waals surface area contributed by atoms with Crippen LogP contribution in [0.2, 0.25) is 10.0 Å². The molecule has 0 saturated heterocycles. The summed E-state index contributed by atoms with van der Waals surface area (Å²) in [5.41, 5.74) is 1.63. The Hall–Kier alpha value is -2.16. The molecular weight excluding hydrogens is 326 g/mol. The van der Waals surface area contributed by atoms with Crippen LogP contribution in [0.4, 0.5) is 15.9 Å². The number of benzene rings is 1. The number of nitro benzene ring substituents is 1. The molecule has 2 aromatic rings. The minimum absolute atomic E-state index is 0.0232. The number of ether oxygens (including phenoxy) is 1. The van der Waals surface area contributed by atoms with E-state index in [1.54, 1.807) is 0 Å². The zero-order valence-electron chi connectivity index (χ0n) is 10.1. The number of nitrogens with one attached hydrogen (secondary N) is 1. The Bertz CT molecular complexity index is 714. The summed E-state index contributed by atoms with van der Waals surface area (Å²) in [7, 11) is 0. The number of para-hydroxylation sites is 1. The molecule has 1 aromatic carbocycles. The molecule has 0 saturated carbocycles. The molecule has 0 unspecified atom stereocenters. The Labute approximate surface area is 127 Å². The average Bonchev–Trinajstić information content (AvgIpc) is 2.43. The average molecular weight is 333 g/mol. The van der Waals surface area contributed by atoms with Crippen LogP contribution in [-0.4, -0.2) is 9.91 Å². The first-order chi connectivity index (χ1) is 9.93. The summed E-state index contributed by atoms with van der Waals surface area (Å²) in [6.45, 7) is 0. The minimum atomic E-state index is -0.931. The first kappa shape index (κ1) is 15.2. The lowest BCUT2D eigenvalue weighted by Crippen LogP contribution is -2.09. The summed E-state index contributed by atoms with van der Waals surface area (Å²) >= 11 is 11.7. The van der Waals surface area contributed by atoms with Gasteiger partial charge in [-0.3, -0.25) is 10.1 Å². The van der Waals surface area contributed by atoms with E-state index in [1.807, 2.05) is 0 Å². The van der Waals surface area contributed by atoms with Gasteiger partial charge in [0.1, 0.15) is 5.02 Å². The molecule has 0 amide bonds. The summed E-state index contributed by atoms with van der Waals surface area (Å²) in [4.78, 5) is 13.9. The van der Waals surface area contributed by atoms with Crippen LogP contribution in [-0.2, 0) is 0 Å². The van der Waals surface area contributed by atoms with Gasteiger partial charge in [0.25, 0.3) is 0 Å². The van der Waals surface area contributed by atoms with Gasteiger partial charge in [0.15, 0.2) is 11.6 Å². The Morgan fingerprint density at radius 1 is 1.38 bits per heavy atom. The first-order valence-corrected chi connectivity index (χ1v) is 6.13. The molecule has 0 atom stereocenters. The molecule has 0 aliphatic rings. The highest BCUT2D eigenvalue weighted by molar-refractivity contribution is 6.36. The highest BCUT2D eigenvalue weighted by Gasteiger charge is 2.22. The number of nitro groups is 1. The molecule has 3 N–H and O–H groups in total. The van der Waals surface area contributed by atoms with Crippen LogP contribution in [0.3, 0.4) is 0 Å². The van der Waals surface area contributed by atoms with Crippen LogP contribution >= 0.6 is 23.2 Å².